The second kappa shape index (κ2) is 5.07. The first-order valence-electron chi connectivity index (χ1n) is 6.73. The van der Waals surface area contributed by atoms with Crippen LogP contribution in [0, 0.1) is 24.0 Å². The van der Waals surface area contributed by atoms with Crippen molar-refractivity contribution in [1.29, 1.82) is 0 Å². The third-order valence-corrected chi connectivity index (χ3v) is 3.54. The van der Waals surface area contributed by atoms with E-state index in [9.17, 15) is 14.9 Å². The SMILES string of the molecule is Cc1cc([N+](=O)[O-])cc2c(=O)n(-c3ccccc3)c(C)nc12. The van der Waals surface area contributed by atoms with E-state index in [2.05, 4.69) is 4.98 Å². The van der Waals surface area contributed by atoms with E-state index in [0.29, 0.717) is 22.6 Å². The van der Waals surface area contributed by atoms with Gasteiger partial charge in [0.1, 0.15) is 5.82 Å². The number of fused-ring (bicyclic) bond motifs is 1. The molecule has 3 rings (SSSR count). The molecular formula is C16H13N3O3. The van der Waals surface area contributed by atoms with E-state index < -0.39 is 4.92 Å². The number of hydrogen-bond donors (Lipinski definition) is 0. The predicted molar refractivity (Wildman–Crippen MR) is 83.5 cm³/mol. The maximum absolute atomic E-state index is 12.8. The van der Waals surface area contributed by atoms with E-state index in [-0.39, 0.29) is 16.6 Å². The van der Waals surface area contributed by atoms with Crippen LogP contribution in [0.25, 0.3) is 16.6 Å². The van der Waals surface area contributed by atoms with Crippen molar-refractivity contribution in [2.45, 2.75) is 13.8 Å². The Kier molecular flexibility index (Phi) is 3.21. The Morgan fingerprint density at radius 1 is 1.14 bits per heavy atom. The summed E-state index contributed by atoms with van der Waals surface area (Å²) in [5.41, 5.74) is 1.39. The van der Waals surface area contributed by atoms with Crippen molar-refractivity contribution in [1.82, 2.24) is 9.55 Å². The predicted octanol–water partition coefficient (Wildman–Crippen LogP) is 2.91. The molecule has 0 aliphatic heterocycles. The average Bonchev–Trinajstić information content (AvgIpc) is 2.49. The molecule has 0 saturated carbocycles. The molecule has 0 aliphatic rings. The monoisotopic (exact) mass is 295 g/mol. The van der Waals surface area contributed by atoms with Gasteiger partial charge in [-0.15, -0.1) is 0 Å². The van der Waals surface area contributed by atoms with Crippen LogP contribution in [0.1, 0.15) is 11.4 Å². The minimum absolute atomic E-state index is 0.104. The van der Waals surface area contributed by atoms with Crippen molar-refractivity contribution in [3.63, 3.8) is 0 Å². The van der Waals surface area contributed by atoms with Gasteiger partial charge in [0.05, 0.1) is 21.5 Å². The molecule has 0 atom stereocenters. The number of rotatable bonds is 2. The van der Waals surface area contributed by atoms with E-state index in [4.69, 9.17) is 0 Å². The second-order valence-electron chi connectivity index (χ2n) is 5.05. The lowest BCUT2D eigenvalue weighted by molar-refractivity contribution is -0.384. The van der Waals surface area contributed by atoms with Gasteiger partial charge in [-0.1, -0.05) is 18.2 Å². The van der Waals surface area contributed by atoms with E-state index in [0.717, 1.165) is 0 Å². The minimum Gasteiger partial charge on any atom is -0.268 e. The largest absolute Gasteiger partial charge is 0.270 e. The summed E-state index contributed by atoms with van der Waals surface area (Å²) in [7, 11) is 0. The summed E-state index contributed by atoms with van der Waals surface area (Å²) in [6, 6.07) is 11.8. The highest BCUT2D eigenvalue weighted by Gasteiger charge is 2.16. The molecule has 6 heteroatoms. The van der Waals surface area contributed by atoms with Crippen molar-refractivity contribution in [2.75, 3.05) is 0 Å². The number of benzene rings is 2. The fourth-order valence-electron chi connectivity index (χ4n) is 2.54. The number of para-hydroxylation sites is 1. The molecule has 0 spiro atoms. The van der Waals surface area contributed by atoms with Crippen LogP contribution >= 0.6 is 0 Å². The van der Waals surface area contributed by atoms with Gasteiger partial charge in [0.25, 0.3) is 11.2 Å². The summed E-state index contributed by atoms with van der Waals surface area (Å²) >= 11 is 0. The molecule has 1 aromatic heterocycles. The normalized spacial score (nSPS) is 10.8. The summed E-state index contributed by atoms with van der Waals surface area (Å²) in [6.07, 6.45) is 0. The summed E-state index contributed by atoms with van der Waals surface area (Å²) in [4.78, 5) is 27.7. The molecule has 0 unspecified atom stereocenters. The molecule has 110 valence electrons. The molecule has 0 N–H and O–H groups in total. The number of aryl methyl sites for hydroxylation is 2. The van der Waals surface area contributed by atoms with Crippen LogP contribution in [0.3, 0.4) is 0 Å². The summed E-state index contributed by atoms with van der Waals surface area (Å²) in [5, 5.41) is 11.3. The van der Waals surface area contributed by atoms with Gasteiger partial charge in [-0.3, -0.25) is 19.5 Å². The van der Waals surface area contributed by atoms with E-state index in [1.807, 2.05) is 18.2 Å². The fourth-order valence-corrected chi connectivity index (χ4v) is 2.54. The molecule has 1 heterocycles. The third kappa shape index (κ3) is 2.14. The second-order valence-corrected chi connectivity index (χ2v) is 5.05. The van der Waals surface area contributed by atoms with Gasteiger partial charge in [0, 0.05) is 12.1 Å². The standard InChI is InChI=1S/C16H13N3O3/c1-10-8-13(19(21)22)9-14-15(10)17-11(2)18(16(14)20)12-6-4-3-5-7-12/h3-9H,1-2H3. The third-order valence-electron chi connectivity index (χ3n) is 3.54. The lowest BCUT2D eigenvalue weighted by atomic mass is 10.1. The summed E-state index contributed by atoms with van der Waals surface area (Å²) in [6.45, 7) is 3.46. The maximum atomic E-state index is 12.8. The quantitative estimate of drug-likeness (QED) is 0.538. The first-order valence-corrected chi connectivity index (χ1v) is 6.73. The number of hydrogen-bond acceptors (Lipinski definition) is 4. The van der Waals surface area contributed by atoms with Crippen LogP contribution in [0.15, 0.2) is 47.3 Å². The minimum atomic E-state index is -0.501. The van der Waals surface area contributed by atoms with E-state index in [1.54, 1.807) is 26.0 Å². The number of nitro benzene ring substituents is 1. The summed E-state index contributed by atoms with van der Waals surface area (Å²) < 4.78 is 1.46. The molecular weight excluding hydrogens is 282 g/mol. The Balaban J connectivity index is 2.42. The Morgan fingerprint density at radius 2 is 1.82 bits per heavy atom. The smallest absolute Gasteiger partial charge is 0.268 e. The number of nitrogens with zero attached hydrogens (tertiary/aromatic N) is 3. The highest BCUT2D eigenvalue weighted by molar-refractivity contribution is 5.83. The zero-order chi connectivity index (χ0) is 15.9. The Labute approximate surface area is 125 Å². The van der Waals surface area contributed by atoms with Gasteiger partial charge in [0.2, 0.25) is 0 Å². The van der Waals surface area contributed by atoms with Gasteiger partial charge in [0.15, 0.2) is 0 Å². The topological polar surface area (TPSA) is 78.0 Å². The molecule has 2 aromatic carbocycles. The molecule has 0 radical (unpaired) electrons. The lowest BCUT2D eigenvalue weighted by Gasteiger charge is -2.11. The van der Waals surface area contributed by atoms with Gasteiger partial charge >= 0.3 is 0 Å². The highest BCUT2D eigenvalue weighted by atomic mass is 16.6. The van der Waals surface area contributed by atoms with Gasteiger partial charge in [-0.2, -0.15) is 0 Å². The van der Waals surface area contributed by atoms with Crippen LogP contribution in [0.4, 0.5) is 5.69 Å². The van der Waals surface area contributed by atoms with Crippen molar-refractivity contribution in [3.8, 4) is 5.69 Å². The van der Waals surface area contributed by atoms with Crippen molar-refractivity contribution in [3.05, 3.63) is 74.3 Å². The van der Waals surface area contributed by atoms with Crippen LogP contribution < -0.4 is 5.56 Å². The zero-order valence-corrected chi connectivity index (χ0v) is 12.1. The Bertz CT molecular complexity index is 946. The van der Waals surface area contributed by atoms with Crippen molar-refractivity contribution >= 4 is 16.6 Å². The van der Waals surface area contributed by atoms with Gasteiger partial charge < -0.3 is 0 Å². The van der Waals surface area contributed by atoms with Gasteiger partial charge in [-0.05, 0) is 31.5 Å². The van der Waals surface area contributed by atoms with Crippen LogP contribution in [0.5, 0.6) is 0 Å². The molecule has 0 saturated heterocycles. The van der Waals surface area contributed by atoms with E-state index in [1.165, 1.54) is 16.7 Å². The number of non-ortho nitro benzene ring substituents is 1. The molecule has 0 amide bonds. The fraction of sp³-hybridized carbons (Fsp3) is 0.125. The van der Waals surface area contributed by atoms with E-state index >= 15 is 0 Å². The molecule has 22 heavy (non-hydrogen) atoms. The number of aromatic nitrogens is 2. The molecule has 0 fully saturated rings. The average molecular weight is 295 g/mol. The van der Waals surface area contributed by atoms with Crippen LogP contribution in [-0.2, 0) is 0 Å². The summed E-state index contributed by atoms with van der Waals surface area (Å²) in [5.74, 6) is 0.542. The first kappa shape index (κ1) is 13.9. The van der Waals surface area contributed by atoms with Gasteiger partial charge in [-0.25, -0.2) is 4.98 Å². The molecule has 3 aromatic rings. The van der Waals surface area contributed by atoms with Crippen LogP contribution in [-0.4, -0.2) is 14.5 Å². The van der Waals surface area contributed by atoms with Crippen molar-refractivity contribution in [2.24, 2.45) is 0 Å². The molecule has 0 aliphatic carbocycles. The Hall–Kier alpha value is -3.02. The highest BCUT2D eigenvalue weighted by Crippen LogP contribution is 2.22. The Morgan fingerprint density at radius 3 is 2.45 bits per heavy atom. The van der Waals surface area contributed by atoms with Crippen molar-refractivity contribution < 1.29 is 4.92 Å². The zero-order valence-electron chi connectivity index (χ0n) is 12.1. The molecule has 6 nitrogen and oxygen atoms in total. The molecule has 0 bridgehead atoms. The lowest BCUT2D eigenvalue weighted by Crippen LogP contribution is -2.22. The first-order chi connectivity index (χ1) is 10.5. The number of nitro groups is 1. The maximum Gasteiger partial charge on any atom is 0.270 e. The van der Waals surface area contributed by atoms with Crippen LogP contribution in [0.2, 0.25) is 0 Å².